The molecule has 1 N–H and O–H groups in total. The van der Waals surface area contributed by atoms with E-state index < -0.39 is 11.7 Å². The lowest BCUT2D eigenvalue weighted by Crippen LogP contribution is -2.23. The van der Waals surface area contributed by atoms with Crippen LogP contribution in [-0.2, 0) is 4.79 Å². The maximum atomic E-state index is 14.6. The van der Waals surface area contributed by atoms with Gasteiger partial charge in [-0.1, -0.05) is 42.0 Å². The predicted octanol–water partition coefficient (Wildman–Crippen LogP) is 5.18. The van der Waals surface area contributed by atoms with Gasteiger partial charge in [0.25, 0.3) is 5.91 Å². The fourth-order valence-corrected chi connectivity index (χ4v) is 3.50. The van der Waals surface area contributed by atoms with Gasteiger partial charge in [0.1, 0.15) is 5.82 Å². The summed E-state index contributed by atoms with van der Waals surface area (Å²) in [7, 11) is 0. The predicted molar refractivity (Wildman–Crippen MR) is 113 cm³/mol. The van der Waals surface area contributed by atoms with Crippen LogP contribution in [-0.4, -0.2) is 18.4 Å². The molecule has 5 heteroatoms. The number of anilines is 2. The maximum absolute atomic E-state index is 14.6. The highest BCUT2D eigenvalue weighted by atomic mass is 19.1. The van der Waals surface area contributed by atoms with Crippen LogP contribution in [0.4, 0.5) is 15.8 Å². The van der Waals surface area contributed by atoms with Gasteiger partial charge in [0.15, 0.2) is 0 Å². The number of carbonyl (C=O) groups is 2. The van der Waals surface area contributed by atoms with Gasteiger partial charge in [-0.3, -0.25) is 9.59 Å². The van der Waals surface area contributed by atoms with Crippen molar-refractivity contribution < 1.29 is 14.0 Å². The van der Waals surface area contributed by atoms with Crippen LogP contribution in [0.2, 0.25) is 0 Å². The Kier molecular flexibility index (Phi) is 5.12. The Morgan fingerprint density at radius 2 is 1.76 bits per heavy atom. The molecule has 4 nitrogen and oxygen atoms in total. The summed E-state index contributed by atoms with van der Waals surface area (Å²) in [6.07, 6.45) is 1.36. The lowest BCUT2D eigenvalue weighted by Gasteiger charge is -2.17. The topological polar surface area (TPSA) is 49.4 Å². The van der Waals surface area contributed by atoms with Gasteiger partial charge in [0.2, 0.25) is 5.91 Å². The molecule has 0 saturated carbocycles. The van der Waals surface area contributed by atoms with Crippen molar-refractivity contribution in [2.24, 2.45) is 0 Å². The molecule has 0 aliphatic carbocycles. The molecule has 0 spiro atoms. The second kappa shape index (κ2) is 7.87. The molecule has 0 unspecified atom stereocenters. The van der Waals surface area contributed by atoms with Crippen LogP contribution in [0.3, 0.4) is 0 Å². The van der Waals surface area contributed by atoms with E-state index in [0.29, 0.717) is 24.2 Å². The van der Waals surface area contributed by atoms with E-state index in [1.807, 2.05) is 37.3 Å². The van der Waals surface area contributed by atoms with E-state index in [9.17, 15) is 14.0 Å². The van der Waals surface area contributed by atoms with Gasteiger partial charge in [0.05, 0.1) is 5.56 Å². The van der Waals surface area contributed by atoms with Gasteiger partial charge < -0.3 is 10.2 Å². The molecular formula is C24H21FN2O2. The smallest absolute Gasteiger partial charge is 0.258 e. The summed E-state index contributed by atoms with van der Waals surface area (Å²) in [6, 6.07) is 19.4. The van der Waals surface area contributed by atoms with Crippen LogP contribution < -0.4 is 10.2 Å². The molecular weight excluding hydrogens is 367 g/mol. The van der Waals surface area contributed by atoms with Gasteiger partial charge >= 0.3 is 0 Å². The highest BCUT2D eigenvalue weighted by Gasteiger charge is 2.22. The fourth-order valence-electron chi connectivity index (χ4n) is 3.50. The molecule has 3 aromatic rings. The van der Waals surface area contributed by atoms with Gasteiger partial charge in [-0.2, -0.15) is 0 Å². The normalized spacial score (nSPS) is 13.6. The summed E-state index contributed by atoms with van der Waals surface area (Å²) in [5, 5.41) is 2.73. The van der Waals surface area contributed by atoms with Crippen molar-refractivity contribution in [1.82, 2.24) is 0 Å². The fraction of sp³-hybridized carbons (Fsp3) is 0.167. The quantitative estimate of drug-likeness (QED) is 0.669. The first-order chi connectivity index (χ1) is 14.0. The first-order valence-electron chi connectivity index (χ1n) is 9.59. The Balaban J connectivity index is 1.53. The van der Waals surface area contributed by atoms with E-state index in [-0.39, 0.29) is 11.5 Å². The molecule has 3 aromatic carbocycles. The third-order valence-corrected chi connectivity index (χ3v) is 5.09. The Morgan fingerprint density at radius 3 is 2.45 bits per heavy atom. The minimum atomic E-state index is -0.577. The standard InChI is InChI=1S/C24H21FN2O2/c1-16-7-9-17(10-8-16)18-11-12-21(22(25)14-18)24(29)26-19-4-2-5-20(15-19)27-13-3-6-23(27)28/h2,4-5,7-12,14-15H,3,6,13H2,1H3,(H,26,29). The summed E-state index contributed by atoms with van der Waals surface area (Å²) >= 11 is 0. The van der Waals surface area contributed by atoms with E-state index >= 15 is 0 Å². The van der Waals surface area contributed by atoms with Crippen molar-refractivity contribution in [2.45, 2.75) is 19.8 Å². The minimum Gasteiger partial charge on any atom is -0.322 e. The minimum absolute atomic E-state index is 0.0245. The number of hydrogen-bond acceptors (Lipinski definition) is 2. The van der Waals surface area contributed by atoms with Crippen LogP contribution in [0.25, 0.3) is 11.1 Å². The number of nitrogens with zero attached hydrogens (tertiary/aromatic N) is 1. The van der Waals surface area contributed by atoms with E-state index in [1.165, 1.54) is 12.1 Å². The average Bonchev–Trinajstić information content (AvgIpc) is 3.14. The number of rotatable bonds is 4. The first-order valence-corrected chi connectivity index (χ1v) is 9.59. The number of halogens is 1. The zero-order valence-electron chi connectivity index (χ0n) is 16.1. The summed E-state index contributed by atoms with van der Waals surface area (Å²) in [6.45, 7) is 2.66. The summed E-state index contributed by atoms with van der Waals surface area (Å²) in [5.41, 5.74) is 3.97. The number of carbonyl (C=O) groups excluding carboxylic acids is 2. The second-order valence-electron chi connectivity index (χ2n) is 7.21. The Morgan fingerprint density at radius 1 is 1.00 bits per heavy atom. The number of amides is 2. The zero-order valence-corrected chi connectivity index (χ0v) is 16.1. The number of aryl methyl sites for hydroxylation is 1. The first kappa shape index (κ1) is 18.9. The van der Waals surface area contributed by atoms with Crippen LogP contribution in [0.5, 0.6) is 0 Å². The lowest BCUT2D eigenvalue weighted by atomic mass is 10.0. The Labute approximate surface area is 169 Å². The van der Waals surface area contributed by atoms with Gasteiger partial charge in [0, 0.05) is 24.3 Å². The van der Waals surface area contributed by atoms with Crippen molar-refractivity contribution in [3.8, 4) is 11.1 Å². The molecule has 0 atom stereocenters. The molecule has 0 radical (unpaired) electrons. The largest absolute Gasteiger partial charge is 0.322 e. The molecule has 0 bridgehead atoms. The van der Waals surface area contributed by atoms with Crippen molar-refractivity contribution >= 4 is 23.2 Å². The van der Waals surface area contributed by atoms with Crippen molar-refractivity contribution in [1.29, 1.82) is 0 Å². The van der Waals surface area contributed by atoms with Crippen molar-refractivity contribution in [3.63, 3.8) is 0 Å². The van der Waals surface area contributed by atoms with E-state index in [0.717, 1.165) is 23.2 Å². The molecule has 146 valence electrons. The highest BCUT2D eigenvalue weighted by molar-refractivity contribution is 6.05. The average molecular weight is 388 g/mol. The summed E-state index contributed by atoms with van der Waals surface area (Å²) < 4.78 is 14.6. The van der Waals surface area contributed by atoms with Crippen molar-refractivity contribution in [2.75, 3.05) is 16.8 Å². The summed E-state index contributed by atoms with van der Waals surface area (Å²) in [5.74, 6) is -1.03. The molecule has 0 aromatic heterocycles. The molecule has 1 aliphatic heterocycles. The zero-order chi connectivity index (χ0) is 20.4. The highest BCUT2D eigenvalue weighted by Crippen LogP contribution is 2.26. The number of hydrogen-bond donors (Lipinski definition) is 1. The van der Waals surface area contributed by atoms with Crippen LogP contribution in [0.1, 0.15) is 28.8 Å². The molecule has 1 aliphatic rings. The van der Waals surface area contributed by atoms with Crippen LogP contribution >= 0.6 is 0 Å². The summed E-state index contributed by atoms with van der Waals surface area (Å²) in [4.78, 5) is 26.2. The third kappa shape index (κ3) is 4.04. The molecule has 1 heterocycles. The lowest BCUT2D eigenvalue weighted by molar-refractivity contribution is -0.117. The van der Waals surface area contributed by atoms with E-state index in [1.54, 1.807) is 29.2 Å². The SMILES string of the molecule is Cc1ccc(-c2ccc(C(=O)Nc3cccc(N4CCCC4=O)c3)c(F)c2)cc1. The van der Waals surface area contributed by atoms with Crippen LogP contribution in [0, 0.1) is 12.7 Å². The van der Waals surface area contributed by atoms with Gasteiger partial charge in [-0.05, 0) is 54.8 Å². The molecule has 2 amide bonds. The Hall–Kier alpha value is -3.47. The Bertz CT molecular complexity index is 1080. The molecule has 1 saturated heterocycles. The molecule has 1 fully saturated rings. The maximum Gasteiger partial charge on any atom is 0.258 e. The second-order valence-corrected chi connectivity index (χ2v) is 7.21. The third-order valence-electron chi connectivity index (χ3n) is 5.09. The number of benzene rings is 3. The van der Waals surface area contributed by atoms with Gasteiger partial charge in [-0.15, -0.1) is 0 Å². The van der Waals surface area contributed by atoms with Gasteiger partial charge in [-0.25, -0.2) is 4.39 Å². The number of nitrogens with one attached hydrogen (secondary N) is 1. The van der Waals surface area contributed by atoms with Crippen molar-refractivity contribution in [3.05, 3.63) is 83.7 Å². The molecule has 4 rings (SSSR count). The monoisotopic (exact) mass is 388 g/mol. The van der Waals surface area contributed by atoms with Crippen LogP contribution in [0.15, 0.2) is 66.7 Å². The van der Waals surface area contributed by atoms with E-state index in [2.05, 4.69) is 5.32 Å². The van der Waals surface area contributed by atoms with E-state index in [4.69, 9.17) is 0 Å². The molecule has 29 heavy (non-hydrogen) atoms.